The number of rotatable bonds is 8. The molecule has 0 saturated heterocycles. The van der Waals surface area contributed by atoms with Crippen LogP contribution >= 0.6 is 27.5 Å². The molecule has 1 aliphatic rings. The van der Waals surface area contributed by atoms with Gasteiger partial charge < -0.3 is 14.8 Å². The fourth-order valence-corrected chi connectivity index (χ4v) is 4.08. The van der Waals surface area contributed by atoms with Crippen molar-refractivity contribution in [2.75, 3.05) is 6.61 Å². The molecular formula is C22H27BrClNO2. The Hall–Kier alpha value is -1.23. The first-order valence-corrected chi connectivity index (χ1v) is 10.9. The summed E-state index contributed by atoms with van der Waals surface area (Å²) in [6.45, 7) is 3.82. The van der Waals surface area contributed by atoms with Crippen molar-refractivity contribution in [1.82, 2.24) is 5.32 Å². The number of ether oxygens (including phenoxy) is 2. The molecule has 0 radical (unpaired) electrons. The van der Waals surface area contributed by atoms with Crippen LogP contribution in [0.3, 0.4) is 0 Å². The summed E-state index contributed by atoms with van der Waals surface area (Å²) in [7, 11) is 0. The molecule has 0 atom stereocenters. The highest BCUT2D eigenvalue weighted by molar-refractivity contribution is 9.10. The molecule has 0 spiro atoms. The lowest BCUT2D eigenvalue weighted by atomic mass is 9.95. The highest BCUT2D eigenvalue weighted by atomic mass is 79.9. The Bertz CT molecular complexity index is 747. The molecule has 146 valence electrons. The van der Waals surface area contributed by atoms with Crippen molar-refractivity contribution in [2.24, 2.45) is 0 Å². The van der Waals surface area contributed by atoms with Gasteiger partial charge in [0.15, 0.2) is 11.5 Å². The average molecular weight is 453 g/mol. The van der Waals surface area contributed by atoms with Gasteiger partial charge in [-0.25, -0.2) is 0 Å². The van der Waals surface area contributed by atoms with Gasteiger partial charge in [-0.3, -0.25) is 0 Å². The van der Waals surface area contributed by atoms with Gasteiger partial charge >= 0.3 is 0 Å². The van der Waals surface area contributed by atoms with E-state index in [0.29, 0.717) is 24.3 Å². The molecule has 2 aromatic carbocycles. The Labute approximate surface area is 175 Å². The standard InChI is InChI=1S/C22H27BrClNO2/c1-2-26-21-12-17(14-25-18-9-4-3-5-10-18)19(23)13-22(21)27-15-16-8-6-7-11-20(16)24/h6-8,11-13,18,25H,2-5,9-10,14-15H2,1H3. The van der Waals surface area contributed by atoms with Crippen LogP contribution in [0.1, 0.15) is 50.2 Å². The summed E-state index contributed by atoms with van der Waals surface area (Å²) in [6.07, 6.45) is 6.58. The first-order chi connectivity index (χ1) is 13.2. The van der Waals surface area contributed by atoms with Gasteiger partial charge in [0.1, 0.15) is 6.61 Å². The molecule has 0 heterocycles. The zero-order valence-corrected chi connectivity index (χ0v) is 18.1. The first-order valence-electron chi connectivity index (χ1n) is 9.72. The van der Waals surface area contributed by atoms with Gasteiger partial charge in [0, 0.05) is 27.6 Å². The maximum Gasteiger partial charge on any atom is 0.162 e. The maximum absolute atomic E-state index is 6.23. The van der Waals surface area contributed by atoms with Gasteiger partial charge in [-0.2, -0.15) is 0 Å². The molecule has 0 amide bonds. The summed E-state index contributed by atoms with van der Waals surface area (Å²) in [5.41, 5.74) is 2.15. The molecule has 1 N–H and O–H groups in total. The molecule has 0 aliphatic heterocycles. The normalized spacial score (nSPS) is 14.9. The smallest absolute Gasteiger partial charge is 0.162 e. The van der Waals surface area contributed by atoms with E-state index in [1.807, 2.05) is 37.3 Å². The zero-order valence-electron chi connectivity index (χ0n) is 15.8. The van der Waals surface area contributed by atoms with Gasteiger partial charge in [-0.1, -0.05) is 65.0 Å². The molecule has 3 rings (SSSR count). The minimum Gasteiger partial charge on any atom is -0.490 e. The average Bonchev–Trinajstić information content (AvgIpc) is 2.69. The van der Waals surface area contributed by atoms with E-state index in [0.717, 1.165) is 28.1 Å². The maximum atomic E-state index is 6.23. The van der Waals surface area contributed by atoms with Crippen LogP contribution in [0, 0.1) is 0 Å². The number of halogens is 2. The Balaban J connectivity index is 1.70. The SMILES string of the molecule is CCOc1cc(CNC2CCCCC2)c(Br)cc1OCc1ccccc1Cl. The summed E-state index contributed by atoms with van der Waals surface area (Å²) < 4.78 is 12.9. The van der Waals surface area contributed by atoms with Gasteiger partial charge in [0.05, 0.1) is 6.61 Å². The summed E-state index contributed by atoms with van der Waals surface area (Å²) in [5, 5.41) is 4.40. The second-order valence-corrected chi connectivity index (χ2v) is 8.18. The third-order valence-corrected chi connectivity index (χ3v) is 6.05. The van der Waals surface area contributed by atoms with Crippen LogP contribution in [-0.4, -0.2) is 12.6 Å². The van der Waals surface area contributed by atoms with Crippen molar-refractivity contribution in [3.63, 3.8) is 0 Å². The summed E-state index contributed by atoms with van der Waals surface area (Å²) in [6, 6.07) is 12.4. The second kappa shape index (κ2) is 10.4. The molecule has 5 heteroatoms. The van der Waals surface area contributed by atoms with Crippen molar-refractivity contribution in [3.05, 3.63) is 57.0 Å². The van der Waals surface area contributed by atoms with E-state index in [1.54, 1.807) is 0 Å². The molecule has 1 saturated carbocycles. The molecule has 0 unspecified atom stereocenters. The van der Waals surface area contributed by atoms with Crippen molar-refractivity contribution in [1.29, 1.82) is 0 Å². The van der Waals surface area contributed by atoms with E-state index >= 15 is 0 Å². The fourth-order valence-electron chi connectivity index (χ4n) is 3.43. The zero-order chi connectivity index (χ0) is 19.1. The van der Waals surface area contributed by atoms with Crippen molar-refractivity contribution >= 4 is 27.5 Å². The predicted octanol–water partition coefficient (Wildman–Crippen LogP) is 6.50. The van der Waals surface area contributed by atoms with Crippen molar-refractivity contribution in [3.8, 4) is 11.5 Å². The third-order valence-electron chi connectivity index (χ3n) is 4.94. The molecular weight excluding hydrogens is 426 g/mol. The van der Waals surface area contributed by atoms with E-state index in [9.17, 15) is 0 Å². The van der Waals surface area contributed by atoms with Crippen LogP contribution in [0.4, 0.5) is 0 Å². The number of hydrogen-bond donors (Lipinski definition) is 1. The van der Waals surface area contributed by atoms with Crippen LogP contribution in [0.5, 0.6) is 11.5 Å². The lowest BCUT2D eigenvalue weighted by molar-refractivity contribution is 0.268. The molecule has 0 aromatic heterocycles. The quantitative estimate of drug-likeness (QED) is 0.495. The molecule has 3 nitrogen and oxygen atoms in total. The Morgan fingerprint density at radius 1 is 1.04 bits per heavy atom. The van der Waals surface area contributed by atoms with E-state index < -0.39 is 0 Å². The van der Waals surface area contributed by atoms with Crippen LogP contribution in [-0.2, 0) is 13.2 Å². The van der Waals surface area contributed by atoms with Gasteiger partial charge in [0.2, 0.25) is 0 Å². The lowest BCUT2D eigenvalue weighted by Crippen LogP contribution is -2.30. The van der Waals surface area contributed by atoms with Gasteiger partial charge in [0.25, 0.3) is 0 Å². The monoisotopic (exact) mass is 451 g/mol. The number of benzene rings is 2. The van der Waals surface area contributed by atoms with Crippen molar-refractivity contribution < 1.29 is 9.47 Å². The van der Waals surface area contributed by atoms with E-state index in [-0.39, 0.29) is 0 Å². The Kier molecular flexibility index (Phi) is 7.86. The van der Waals surface area contributed by atoms with E-state index in [4.69, 9.17) is 21.1 Å². The highest BCUT2D eigenvalue weighted by Crippen LogP contribution is 2.35. The Morgan fingerprint density at radius 2 is 1.78 bits per heavy atom. The summed E-state index contributed by atoms with van der Waals surface area (Å²) in [5.74, 6) is 1.50. The van der Waals surface area contributed by atoms with Crippen LogP contribution in [0.2, 0.25) is 5.02 Å². The van der Waals surface area contributed by atoms with Gasteiger partial charge in [-0.05, 0) is 43.5 Å². The van der Waals surface area contributed by atoms with Crippen LogP contribution in [0.25, 0.3) is 0 Å². The summed E-state index contributed by atoms with van der Waals surface area (Å²) in [4.78, 5) is 0. The molecule has 1 fully saturated rings. The van der Waals surface area contributed by atoms with E-state index in [2.05, 4.69) is 27.3 Å². The molecule has 27 heavy (non-hydrogen) atoms. The number of nitrogens with one attached hydrogen (secondary N) is 1. The first kappa shape index (κ1) is 20.5. The van der Waals surface area contributed by atoms with Gasteiger partial charge in [-0.15, -0.1) is 0 Å². The minimum absolute atomic E-state index is 0.409. The van der Waals surface area contributed by atoms with Crippen molar-refractivity contribution in [2.45, 2.75) is 58.2 Å². The number of hydrogen-bond acceptors (Lipinski definition) is 3. The highest BCUT2D eigenvalue weighted by Gasteiger charge is 2.15. The molecule has 2 aromatic rings. The topological polar surface area (TPSA) is 30.5 Å². The minimum atomic E-state index is 0.409. The van der Waals surface area contributed by atoms with Crippen LogP contribution < -0.4 is 14.8 Å². The third kappa shape index (κ3) is 5.87. The molecule has 0 bridgehead atoms. The largest absolute Gasteiger partial charge is 0.490 e. The van der Waals surface area contributed by atoms with Crippen LogP contribution in [0.15, 0.2) is 40.9 Å². The fraction of sp³-hybridized carbons (Fsp3) is 0.455. The Morgan fingerprint density at radius 3 is 2.52 bits per heavy atom. The summed E-state index contributed by atoms with van der Waals surface area (Å²) >= 11 is 9.93. The second-order valence-electron chi connectivity index (χ2n) is 6.92. The van der Waals surface area contributed by atoms with E-state index in [1.165, 1.54) is 37.7 Å². The lowest BCUT2D eigenvalue weighted by Gasteiger charge is -2.23. The molecule has 1 aliphatic carbocycles. The predicted molar refractivity (Wildman–Crippen MR) is 115 cm³/mol.